The number of ether oxygens (including phenoxy) is 1. The number of carbonyl (C=O) groups excluding carboxylic acids is 1. The second-order valence-electron chi connectivity index (χ2n) is 6.26. The number of carbonyl (C=O) groups is 1. The Labute approximate surface area is 150 Å². The molecule has 0 saturated carbocycles. The Kier molecular flexibility index (Phi) is 5.95. The Morgan fingerprint density at radius 3 is 2.68 bits per heavy atom. The van der Waals surface area contributed by atoms with Gasteiger partial charge >= 0.3 is 0 Å². The van der Waals surface area contributed by atoms with E-state index in [2.05, 4.69) is 14.5 Å². The number of piperidine rings is 1. The summed E-state index contributed by atoms with van der Waals surface area (Å²) in [4.78, 5) is 13.3. The van der Waals surface area contributed by atoms with E-state index in [0.29, 0.717) is 12.3 Å². The predicted molar refractivity (Wildman–Crippen MR) is 95.2 cm³/mol. The molecule has 1 aromatic heterocycles. The Morgan fingerprint density at radius 2 is 2.08 bits per heavy atom. The highest BCUT2D eigenvalue weighted by Crippen LogP contribution is 2.21. The number of β-amino-alcohol motifs (C(OH)–C–C–N with tert-alkyl or cyclic N) is 1. The molecule has 1 aliphatic rings. The standard InChI is InChI=1S/C17H22N4O3S/c18-17(23)13-5-7-21(8-6-13)9-14(22)10-24-15-3-1-12(2-4-15)16-11-25-20-19-16/h1-4,11,13-14,22H,5-10H2,(H2,18,23)/t14-/m1/s1. The number of aliphatic hydroxyl groups is 1. The molecule has 0 unspecified atom stereocenters. The quantitative estimate of drug-likeness (QED) is 0.766. The number of benzene rings is 1. The lowest BCUT2D eigenvalue weighted by Crippen LogP contribution is -2.43. The monoisotopic (exact) mass is 362 g/mol. The third-order valence-electron chi connectivity index (χ3n) is 4.41. The average molecular weight is 362 g/mol. The largest absolute Gasteiger partial charge is 0.491 e. The first-order valence-corrected chi connectivity index (χ1v) is 9.15. The smallest absolute Gasteiger partial charge is 0.220 e. The van der Waals surface area contributed by atoms with E-state index < -0.39 is 6.10 Å². The van der Waals surface area contributed by atoms with Crippen LogP contribution in [-0.2, 0) is 4.79 Å². The molecule has 25 heavy (non-hydrogen) atoms. The number of likely N-dealkylation sites (tertiary alicyclic amines) is 1. The number of rotatable bonds is 7. The molecule has 0 aliphatic carbocycles. The zero-order chi connectivity index (χ0) is 17.6. The maximum Gasteiger partial charge on any atom is 0.220 e. The van der Waals surface area contributed by atoms with Crippen molar-refractivity contribution in [2.45, 2.75) is 18.9 Å². The SMILES string of the molecule is NC(=O)C1CCN(C[C@@H](O)COc2ccc(-c3csnn3)cc2)CC1. The van der Waals surface area contributed by atoms with Gasteiger partial charge in [0.1, 0.15) is 24.2 Å². The van der Waals surface area contributed by atoms with Crippen molar-refractivity contribution in [2.24, 2.45) is 11.7 Å². The summed E-state index contributed by atoms with van der Waals surface area (Å²) in [5, 5.41) is 16.1. The summed E-state index contributed by atoms with van der Waals surface area (Å²) in [5.41, 5.74) is 7.16. The first-order valence-electron chi connectivity index (χ1n) is 8.32. The van der Waals surface area contributed by atoms with Crippen molar-refractivity contribution in [3.8, 4) is 17.0 Å². The molecule has 0 spiro atoms. The van der Waals surface area contributed by atoms with Gasteiger partial charge in [-0.2, -0.15) is 0 Å². The van der Waals surface area contributed by atoms with Gasteiger partial charge in [0.15, 0.2) is 0 Å². The molecule has 1 aliphatic heterocycles. The second kappa shape index (κ2) is 8.37. The highest BCUT2D eigenvalue weighted by atomic mass is 32.1. The second-order valence-corrected chi connectivity index (χ2v) is 6.87. The van der Waals surface area contributed by atoms with Gasteiger partial charge in [0.2, 0.25) is 5.91 Å². The minimum atomic E-state index is -0.576. The number of primary amides is 1. The van der Waals surface area contributed by atoms with Crippen molar-refractivity contribution in [1.82, 2.24) is 14.5 Å². The van der Waals surface area contributed by atoms with E-state index in [-0.39, 0.29) is 18.4 Å². The number of aliphatic hydroxyl groups excluding tert-OH is 1. The fourth-order valence-electron chi connectivity index (χ4n) is 2.96. The summed E-state index contributed by atoms with van der Waals surface area (Å²) in [7, 11) is 0. The topological polar surface area (TPSA) is 102 Å². The molecule has 1 saturated heterocycles. The average Bonchev–Trinajstić information content (AvgIpc) is 3.15. The van der Waals surface area contributed by atoms with Gasteiger partial charge in [0.25, 0.3) is 0 Å². The van der Waals surface area contributed by atoms with Crippen molar-refractivity contribution >= 4 is 17.4 Å². The zero-order valence-corrected chi connectivity index (χ0v) is 14.7. The number of nitrogens with zero attached hydrogens (tertiary/aromatic N) is 3. The molecule has 7 nitrogen and oxygen atoms in total. The van der Waals surface area contributed by atoms with Crippen LogP contribution >= 0.6 is 11.5 Å². The number of hydrogen-bond acceptors (Lipinski definition) is 7. The van der Waals surface area contributed by atoms with Crippen LogP contribution in [-0.4, -0.2) is 57.8 Å². The van der Waals surface area contributed by atoms with Crippen LogP contribution in [0.2, 0.25) is 0 Å². The Morgan fingerprint density at radius 1 is 1.36 bits per heavy atom. The molecule has 1 amide bonds. The third kappa shape index (κ3) is 4.97. The molecule has 2 heterocycles. The first kappa shape index (κ1) is 17.8. The van der Waals surface area contributed by atoms with E-state index >= 15 is 0 Å². The van der Waals surface area contributed by atoms with Gasteiger partial charge in [0, 0.05) is 23.4 Å². The number of aromatic nitrogens is 2. The van der Waals surface area contributed by atoms with Crippen LogP contribution in [0.15, 0.2) is 29.6 Å². The van der Waals surface area contributed by atoms with Crippen molar-refractivity contribution in [2.75, 3.05) is 26.2 Å². The fourth-order valence-corrected chi connectivity index (χ4v) is 3.42. The number of hydrogen-bond donors (Lipinski definition) is 2. The lowest BCUT2D eigenvalue weighted by molar-refractivity contribution is -0.123. The van der Waals surface area contributed by atoms with E-state index in [4.69, 9.17) is 10.5 Å². The zero-order valence-electron chi connectivity index (χ0n) is 13.9. The molecule has 1 fully saturated rings. The van der Waals surface area contributed by atoms with Crippen LogP contribution < -0.4 is 10.5 Å². The fraction of sp³-hybridized carbons (Fsp3) is 0.471. The first-order chi connectivity index (χ1) is 12.1. The maximum absolute atomic E-state index is 11.2. The molecule has 0 bridgehead atoms. The van der Waals surface area contributed by atoms with Gasteiger partial charge in [-0.05, 0) is 61.7 Å². The highest BCUT2D eigenvalue weighted by Gasteiger charge is 2.24. The van der Waals surface area contributed by atoms with E-state index in [9.17, 15) is 9.90 Å². The minimum Gasteiger partial charge on any atom is -0.491 e. The molecule has 1 atom stereocenters. The molecule has 8 heteroatoms. The normalized spacial score (nSPS) is 17.3. The van der Waals surface area contributed by atoms with Gasteiger partial charge in [-0.3, -0.25) is 4.79 Å². The molecular weight excluding hydrogens is 340 g/mol. The number of nitrogens with two attached hydrogens (primary N) is 1. The summed E-state index contributed by atoms with van der Waals surface area (Å²) in [6.45, 7) is 2.32. The van der Waals surface area contributed by atoms with Gasteiger partial charge in [0.05, 0.1) is 0 Å². The molecular formula is C17H22N4O3S. The third-order valence-corrected chi connectivity index (χ3v) is 4.92. The molecule has 3 rings (SSSR count). The lowest BCUT2D eigenvalue weighted by atomic mass is 9.96. The van der Waals surface area contributed by atoms with Crippen LogP contribution in [0, 0.1) is 5.92 Å². The Hall–Kier alpha value is -2.03. The molecule has 134 valence electrons. The van der Waals surface area contributed by atoms with E-state index in [1.165, 1.54) is 11.5 Å². The molecule has 1 aromatic carbocycles. The van der Waals surface area contributed by atoms with Gasteiger partial charge < -0.3 is 20.5 Å². The van der Waals surface area contributed by atoms with Gasteiger partial charge in [-0.15, -0.1) is 5.10 Å². The maximum atomic E-state index is 11.2. The van der Waals surface area contributed by atoms with Crippen molar-refractivity contribution < 1.29 is 14.6 Å². The summed E-state index contributed by atoms with van der Waals surface area (Å²) in [5.74, 6) is 0.454. The van der Waals surface area contributed by atoms with Crippen LogP contribution in [0.1, 0.15) is 12.8 Å². The van der Waals surface area contributed by atoms with Gasteiger partial charge in [-0.1, -0.05) is 4.49 Å². The van der Waals surface area contributed by atoms with Crippen LogP contribution in [0.4, 0.5) is 0 Å². The predicted octanol–water partition coefficient (Wildman–Crippen LogP) is 1.14. The van der Waals surface area contributed by atoms with Crippen molar-refractivity contribution in [3.05, 3.63) is 29.6 Å². The summed E-state index contributed by atoms with van der Waals surface area (Å²) < 4.78 is 9.50. The van der Waals surface area contributed by atoms with Crippen LogP contribution in [0.3, 0.4) is 0 Å². The Balaban J connectivity index is 1.42. The lowest BCUT2D eigenvalue weighted by Gasteiger charge is -2.31. The summed E-state index contributed by atoms with van der Waals surface area (Å²) >= 11 is 1.32. The molecule has 2 aromatic rings. The van der Waals surface area contributed by atoms with E-state index in [1.54, 1.807) is 0 Å². The van der Waals surface area contributed by atoms with E-state index in [0.717, 1.165) is 37.2 Å². The number of amides is 1. The molecule has 3 N–H and O–H groups in total. The molecule has 0 radical (unpaired) electrons. The van der Waals surface area contributed by atoms with Crippen LogP contribution in [0.5, 0.6) is 5.75 Å². The van der Waals surface area contributed by atoms with Gasteiger partial charge in [-0.25, -0.2) is 0 Å². The van der Waals surface area contributed by atoms with E-state index in [1.807, 2.05) is 29.6 Å². The highest BCUT2D eigenvalue weighted by molar-refractivity contribution is 7.03. The summed E-state index contributed by atoms with van der Waals surface area (Å²) in [6, 6.07) is 7.57. The van der Waals surface area contributed by atoms with Crippen molar-refractivity contribution in [1.29, 1.82) is 0 Å². The van der Waals surface area contributed by atoms with Crippen molar-refractivity contribution in [3.63, 3.8) is 0 Å². The summed E-state index contributed by atoms with van der Waals surface area (Å²) in [6.07, 6.45) is 0.943. The Bertz CT molecular complexity index is 670. The minimum absolute atomic E-state index is 0.0314. The van der Waals surface area contributed by atoms with Crippen LogP contribution in [0.25, 0.3) is 11.3 Å².